The topological polar surface area (TPSA) is 83.9 Å². The van der Waals surface area contributed by atoms with Gasteiger partial charge in [-0.15, -0.1) is 11.3 Å². The van der Waals surface area contributed by atoms with Crippen LogP contribution in [-0.2, 0) is 19.6 Å². The molecule has 2 heterocycles. The number of hydrogen-bond acceptors (Lipinski definition) is 5. The maximum Gasteiger partial charge on any atom is 0.322 e. The molecule has 118 valence electrons. The molecule has 0 radical (unpaired) electrons. The second kappa shape index (κ2) is 6.04. The Bertz CT molecular complexity index is 617. The fourth-order valence-corrected chi connectivity index (χ4v) is 5.89. The van der Waals surface area contributed by atoms with E-state index in [0.717, 1.165) is 4.31 Å². The quantitative estimate of drug-likeness (QED) is 0.885. The van der Waals surface area contributed by atoms with Gasteiger partial charge in [0.25, 0.3) is 0 Å². The molecule has 2 rings (SSSR count). The lowest BCUT2D eigenvalue weighted by Crippen LogP contribution is -2.40. The van der Waals surface area contributed by atoms with E-state index < -0.39 is 22.0 Å². The summed E-state index contributed by atoms with van der Waals surface area (Å²) in [6.07, 6.45) is -0.185. The van der Waals surface area contributed by atoms with E-state index in [4.69, 9.17) is 4.74 Å². The van der Waals surface area contributed by atoms with Gasteiger partial charge in [0, 0.05) is 24.4 Å². The van der Waals surface area contributed by atoms with Crippen LogP contribution in [0.15, 0.2) is 10.3 Å². The van der Waals surface area contributed by atoms with Crippen molar-refractivity contribution in [3.8, 4) is 0 Å². The second-order valence-corrected chi connectivity index (χ2v) is 7.96. The van der Waals surface area contributed by atoms with Crippen molar-refractivity contribution in [3.63, 3.8) is 0 Å². The summed E-state index contributed by atoms with van der Waals surface area (Å²) in [5, 5.41) is 11.1. The summed E-state index contributed by atoms with van der Waals surface area (Å²) in [5.41, 5.74) is 0.654. The zero-order valence-corrected chi connectivity index (χ0v) is 13.8. The van der Waals surface area contributed by atoms with E-state index in [1.54, 1.807) is 26.2 Å². The SMILES string of the molecule is CCO[C@@H]1C[C@@H](C(=O)O)N(S(=O)(=O)c2c(C)csc2C)C1. The number of rotatable bonds is 5. The largest absolute Gasteiger partial charge is 0.480 e. The highest BCUT2D eigenvalue weighted by Gasteiger charge is 2.45. The molecule has 0 spiro atoms. The van der Waals surface area contributed by atoms with Crippen molar-refractivity contribution in [1.82, 2.24) is 4.31 Å². The van der Waals surface area contributed by atoms with Gasteiger partial charge in [-0.1, -0.05) is 0 Å². The summed E-state index contributed by atoms with van der Waals surface area (Å²) >= 11 is 1.35. The predicted molar refractivity (Wildman–Crippen MR) is 79.1 cm³/mol. The van der Waals surface area contributed by atoms with Gasteiger partial charge in [-0.2, -0.15) is 4.31 Å². The molecule has 0 aromatic carbocycles. The summed E-state index contributed by atoms with van der Waals surface area (Å²) < 4.78 is 32.1. The molecule has 21 heavy (non-hydrogen) atoms. The van der Waals surface area contributed by atoms with E-state index in [2.05, 4.69) is 0 Å². The Labute approximate surface area is 128 Å². The van der Waals surface area contributed by atoms with Gasteiger partial charge in [-0.25, -0.2) is 8.42 Å². The molecule has 1 N–H and O–H groups in total. The molecule has 1 fully saturated rings. The second-order valence-electron chi connectivity index (χ2n) is 5.05. The molecule has 1 aliphatic heterocycles. The van der Waals surface area contributed by atoms with E-state index in [-0.39, 0.29) is 24.0 Å². The van der Waals surface area contributed by atoms with Gasteiger partial charge in [0.2, 0.25) is 10.0 Å². The van der Waals surface area contributed by atoms with Crippen LogP contribution >= 0.6 is 11.3 Å². The summed E-state index contributed by atoms with van der Waals surface area (Å²) in [5.74, 6) is -1.13. The Morgan fingerprint density at radius 2 is 2.19 bits per heavy atom. The molecule has 0 amide bonds. The lowest BCUT2D eigenvalue weighted by atomic mass is 10.2. The number of carboxylic acid groups (broad SMARTS) is 1. The molecule has 0 saturated carbocycles. The molecule has 1 aliphatic rings. The predicted octanol–water partition coefficient (Wildman–Crippen LogP) is 1.62. The number of aryl methyl sites for hydroxylation is 2. The van der Waals surface area contributed by atoms with E-state index in [9.17, 15) is 18.3 Å². The van der Waals surface area contributed by atoms with Crippen LogP contribution in [-0.4, -0.2) is 49.1 Å². The Hall–Kier alpha value is -0.960. The molecule has 2 atom stereocenters. The Morgan fingerprint density at radius 1 is 1.52 bits per heavy atom. The van der Waals surface area contributed by atoms with Gasteiger partial charge < -0.3 is 9.84 Å². The minimum Gasteiger partial charge on any atom is -0.480 e. The molecular weight excluding hydrogens is 314 g/mol. The fraction of sp³-hybridized carbons (Fsp3) is 0.615. The first kappa shape index (κ1) is 16.4. The molecule has 6 nitrogen and oxygen atoms in total. The number of carbonyl (C=O) groups is 1. The van der Waals surface area contributed by atoms with Crippen LogP contribution in [0.3, 0.4) is 0 Å². The average molecular weight is 333 g/mol. The van der Waals surface area contributed by atoms with E-state index in [1.807, 2.05) is 0 Å². The molecule has 0 unspecified atom stereocenters. The van der Waals surface area contributed by atoms with Crippen LogP contribution in [0.25, 0.3) is 0 Å². The fourth-order valence-electron chi connectivity index (χ4n) is 2.68. The van der Waals surface area contributed by atoms with Crippen LogP contribution in [0.2, 0.25) is 0 Å². The van der Waals surface area contributed by atoms with Gasteiger partial charge >= 0.3 is 5.97 Å². The molecular formula is C13H19NO5S2. The normalized spacial score (nSPS) is 23.6. The van der Waals surface area contributed by atoms with E-state index >= 15 is 0 Å². The van der Waals surface area contributed by atoms with Crippen molar-refractivity contribution in [2.45, 2.75) is 44.2 Å². The van der Waals surface area contributed by atoms with Crippen molar-refractivity contribution < 1.29 is 23.1 Å². The zero-order valence-electron chi connectivity index (χ0n) is 12.2. The van der Waals surface area contributed by atoms with Crippen LogP contribution in [0.5, 0.6) is 0 Å². The van der Waals surface area contributed by atoms with Crippen molar-refractivity contribution in [2.75, 3.05) is 13.2 Å². The van der Waals surface area contributed by atoms with Crippen molar-refractivity contribution >= 4 is 27.3 Å². The third kappa shape index (κ3) is 2.98. The number of ether oxygens (including phenoxy) is 1. The first-order chi connectivity index (χ1) is 9.78. The summed E-state index contributed by atoms with van der Waals surface area (Å²) in [6, 6.07) is -1.06. The molecule has 0 aliphatic carbocycles. The zero-order chi connectivity index (χ0) is 15.8. The summed E-state index contributed by atoms with van der Waals surface area (Å²) in [4.78, 5) is 12.3. The van der Waals surface area contributed by atoms with Crippen molar-refractivity contribution in [2.24, 2.45) is 0 Å². The Kier molecular flexibility index (Phi) is 4.72. The highest BCUT2D eigenvalue weighted by molar-refractivity contribution is 7.89. The number of aliphatic carboxylic acids is 1. The summed E-state index contributed by atoms with van der Waals surface area (Å²) in [7, 11) is -3.82. The Balaban J connectivity index is 2.40. The average Bonchev–Trinajstić information content (AvgIpc) is 2.95. The monoisotopic (exact) mass is 333 g/mol. The van der Waals surface area contributed by atoms with Crippen molar-refractivity contribution in [1.29, 1.82) is 0 Å². The molecule has 1 aromatic rings. The third-order valence-electron chi connectivity index (χ3n) is 3.56. The standard InChI is InChI=1S/C13H19NO5S2/c1-4-19-10-5-11(13(15)16)14(6-10)21(17,18)12-8(2)7-20-9(12)3/h7,10-11H,4-6H2,1-3H3,(H,15,16)/t10-,11+/m1/s1. The van der Waals surface area contributed by atoms with Gasteiger partial charge in [0.05, 0.1) is 11.0 Å². The van der Waals surface area contributed by atoms with E-state index in [1.165, 1.54) is 11.3 Å². The van der Waals surface area contributed by atoms with Crippen LogP contribution < -0.4 is 0 Å². The number of nitrogens with zero attached hydrogens (tertiary/aromatic N) is 1. The highest BCUT2D eigenvalue weighted by Crippen LogP contribution is 2.33. The number of hydrogen-bond donors (Lipinski definition) is 1. The number of thiophene rings is 1. The Morgan fingerprint density at radius 3 is 2.67 bits per heavy atom. The van der Waals surface area contributed by atoms with Gasteiger partial charge in [0.15, 0.2) is 0 Å². The molecule has 1 saturated heterocycles. The lowest BCUT2D eigenvalue weighted by Gasteiger charge is -2.21. The van der Waals surface area contributed by atoms with Crippen LogP contribution in [0.4, 0.5) is 0 Å². The highest BCUT2D eigenvalue weighted by atomic mass is 32.2. The minimum absolute atomic E-state index is 0.0852. The summed E-state index contributed by atoms with van der Waals surface area (Å²) in [6.45, 7) is 5.78. The molecule has 1 aromatic heterocycles. The first-order valence-electron chi connectivity index (χ1n) is 6.70. The molecule has 0 bridgehead atoms. The van der Waals surface area contributed by atoms with Gasteiger partial charge in [-0.3, -0.25) is 4.79 Å². The number of sulfonamides is 1. The maximum atomic E-state index is 12.8. The van der Waals surface area contributed by atoms with Crippen LogP contribution in [0.1, 0.15) is 23.8 Å². The molecule has 8 heteroatoms. The number of carboxylic acids is 1. The first-order valence-corrected chi connectivity index (χ1v) is 9.02. The van der Waals surface area contributed by atoms with Gasteiger partial charge in [0.1, 0.15) is 6.04 Å². The smallest absolute Gasteiger partial charge is 0.322 e. The van der Waals surface area contributed by atoms with Crippen molar-refractivity contribution in [3.05, 3.63) is 15.8 Å². The maximum absolute atomic E-state index is 12.8. The minimum atomic E-state index is -3.82. The van der Waals surface area contributed by atoms with Gasteiger partial charge in [-0.05, 0) is 31.7 Å². The van der Waals surface area contributed by atoms with E-state index in [0.29, 0.717) is 17.0 Å². The lowest BCUT2D eigenvalue weighted by molar-refractivity contribution is -0.140. The third-order valence-corrected chi connectivity index (χ3v) is 6.89. The van der Waals surface area contributed by atoms with Crippen LogP contribution in [0, 0.1) is 13.8 Å².